The van der Waals surface area contributed by atoms with E-state index in [1.165, 1.54) is 5.56 Å². The second-order valence-corrected chi connectivity index (χ2v) is 5.89. The summed E-state index contributed by atoms with van der Waals surface area (Å²) in [6.07, 6.45) is 6.34. The van der Waals surface area contributed by atoms with Gasteiger partial charge >= 0.3 is 0 Å². The zero-order valence-corrected chi connectivity index (χ0v) is 14.4. The SMILES string of the molecule is C#CCN(CC(=O)Nc1ccccc1CC)Cc1ccc(C)cc1. The maximum Gasteiger partial charge on any atom is 0.238 e. The first-order chi connectivity index (χ1) is 11.6. The number of para-hydroxylation sites is 1. The molecule has 0 aliphatic heterocycles. The molecular weight excluding hydrogens is 296 g/mol. The Morgan fingerprint density at radius 2 is 1.88 bits per heavy atom. The Kier molecular flexibility index (Phi) is 6.60. The fraction of sp³-hybridized carbons (Fsp3) is 0.286. The number of hydrogen-bond donors (Lipinski definition) is 1. The Morgan fingerprint density at radius 1 is 1.17 bits per heavy atom. The van der Waals surface area contributed by atoms with Crippen LogP contribution in [0.25, 0.3) is 0 Å². The number of benzene rings is 2. The number of hydrogen-bond acceptors (Lipinski definition) is 2. The third-order valence-corrected chi connectivity index (χ3v) is 3.88. The normalized spacial score (nSPS) is 10.4. The van der Waals surface area contributed by atoms with Crippen molar-refractivity contribution in [2.75, 3.05) is 18.4 Å². The number of carbonyl (C=O) groups excluding carboxylic acids is 1. The molecule has 124 valence electrons. The monoisotopic (exact) mass is 320 g/mol. The van der Waals surface area contributed by atoms with Crippen LogP contribution in [0.4, 0.5) is 5.69 Å². The second kappa shape index (κ2) is 8.90. The van der Waals surface area contributed by atoms with Crippen LogP contribution in [0.1, 0.15) is 23.6 Å². The molecule has 0 aliphatic rings. The van der Waals surface area contributed by atoms with Crippen LogP contribution in [0.2, 0.25) is 0 Å². The van der Waals surface area contributed by atoms with Crippen molar-refractivity contribution in [1.29, 1.82) is 0 Å². The highest BCUT2D eigenvalue weighted by molar-refractivity contribution is 5.93. The molecule has 2 rings (SSSR count). The predicted octanol–water partition coefficient (Wildman–Crippen LogP) is 3.63. The van der Waals surface area contributed by atoms with E-state index >= 15 is 0 Å². The topological polar surface area (TPSA) is 32.3 Å². The molecule has 2 aromatic rings. The summed E-state index contributed by atoms with van der Waals surface area (Å²) in [7, 11) is 0. The quantitative estimate of drug-likeness (QED) is 0.790. The van der Waals surface area contributed by atoms with Crippen molar-refractivity contribution in [3.8, 4) is 12.3 Å². The van der Waals surface area contributed by atoms with Crippen molar-refractivity contribution in [1.82, 2.24) is 4.90 Å². The van der Waals surface area contributed by atoms with E-state index in [1.807, 2.05) is 29.2 Å². The van der Waals surface area contributed by atoms with E-state index in [0.717, 1.165) is 23.2 Å². The van der Waals surface area contributed by atoms with Crippen LogP contribution >= 0.6 is 0 Å². The molecule has 0 atom stereocenters. The molecule has 1 N–H and O–H groups in total. The van der Waals surface area contributed by atoms with E-state index in [9.17, 15) is 4.79 Å². The van der Waals surface area contributed by atoms with Gasteiger partial charge in [-0.2, -0.15) is 0 Å². The summed E-state index contributed by atoms with van der Waals surface area (Å²) < 4.78 is 0. The van der Waals surface area contributed by atoms with Gasteiger partial charge in [-0.1, -0.05) is 60.9 Å². The molecule has 0 bridgehead atoms. The van der Waals surface area contributed by atoms with Crippen molar-refractivity contribution in [2.45, 2.75) is 26.8 Å². The minimum Gasteiger partial charge on any atom is -0.325 e. The van der Waals surface area contributed by atoms with E-state index < -0.39 is 0 Å². The lowest BCUT2D eigenvalue weighted by molar-refractivity contribution is -0.117. The Balaban J connectivity index is 2.00. The standard InChI is InChI=1S/C21H24N2O/c1-4-14-23(15-18-12-10-17(3)11-13-18)16-21(24)22-20-9-7-6-8-19(20)5-2/h1,6-13H,5,14-16H2,2-3H3,(H,22,24). The molecule has 0 radical (unpaired) electrons. The number of anilines is 1. The third kappa shape index (κ3) is 5.26. The van der Waals surface area contributed by atoms with Crippen molar-refractivity contribution in [3.63, 3.8) is 0 Å². The summed E-state index contributed by atoms with van der Waals surface area (Å²) in [6, 6.07) is 16.2. The van der Waals surface area contributed by atoms with Gasteiger partial charge in [0, 0.05) is 12.2 Å². The molecule has 2 aromatic carbocycles. The highest BCUT2D eigenvalue weighted by atomic mass is 16.2. The summed E-state index contributed by atoms with van der Waals surface area (Å²) in [5, 5.41) is 3.00. The van der Waals surface area contributed by atoms with Gasteiger partial charge in [0.1, 0.15) is 0 Å². The average Bonchev–Trinajstić information content (AvgIpc) is 2.57. The van der Waals surface area contributed by atoms with E-state index in [4.69, 9.17) is 6.42 Å². The Morgan fingerprint density at radius 3 is 2.54 bits per heavy atom. The molecule has 0 unspecified atom stereocenters. The summed E-state index contributed by atoms with van der Waals surface area (Å²) in [5.41, 5.74) is 4.38. The molecule has 1 amide bonds. The fourth-order valence-electron chi connectivity index (χ4n) is 2.59. The smallest absolute Gasteiger partial charge is 0.238 e. The summed E-state index contributed by atoms with van der Waals surface area (Å²) in [4.78, 5) is 14.4. The Bertz CT molecular complexity index is 713. The van der Waals surface area contributed by atoms with Crippen LogP contribution in [0.5, 0.6) is 0 Å². The molecule has 0 aliphatic carbocycles. The predicted molar refractivity (Wildman–Crippen MR) is 99.7 cm³/mol. The van der Waals surface area contributed by atoms with Gasteiger partial charge in [0.2, 0.25) is 5.91 Å². The van der Waals surface area contributed by atoms with Crippen LogP contribution < -0.4 is 5.32 Å². The summed E-state index contributed by atoms with van der Waals surface area (Å²) in [5.74, 6) is 2.59. The molecular formula is C21H24N2O. The highest BCUT2D eigenvalue weighted by Gasteiger charge is 2.12. The van der Waals surface area contributed by atoms with E-state index in [-0.39, 0.29) is 12.5 Å². The first-order valence-corrected chi connectivity index (χ1v) is 8.21. The van der Waals surface area contributed by atoms with Crippen LogP contribution in [-0.4, -0.2) is 23.9 Å². The maximum atomic E-state index is 12.4. The number of rotatable bonds is 7. The van der Waals surface area contributed by atoms with Gasteiger partial charge in [-0.25, -0.2) is 0 Å². The van der Waals surface area contributed by atoms with Crippen LogP contribution in [0.15, 0.2) is 48.5 Å². The number of aryl methyl sites for hydroxylation is 2. The van der Waals surface area contributed by atoms with Gasteiger partial charge in [0.25, 0.3) is 0 Å². The van der Waals surface area contributed by atoms with Gasteiger partial charge in [0.05, 0.1) is 13.1 Å². The minimum atomic E-state index is -0.0433. The third-order valence-electron chi connectivity index (χ3n) is 3.88. The zero-order valence-electron chi connectivity index (χ0n) is 14.4. The molecule has 3 nitrogen and oxygen atoms in total. The first kappa shape index (κ1) is 17.8. The van der Waals surface area contributed by atoms with Crippen molar-refractivity contribution < 1.29 is 4.79 Å². The number of amides is 1. The second-order valence-electron chi connectivity index (χ2n) is 5.89. The van der Waals surface area contributed by atoms with Crippen molar-refractivity contribution >= 4 is 11.6 Å². The number of carbonyl (C=O) groups is 1. The minimum absolute atomic E-state index is 0.0433. The van der Waals surface area contributed by atoms with E-state index in [2.05, 4.69) is 49.4 Å². The number of nitrogens with one attached hydrogen (secondary N) is 1. The van der Waals surface area contributed by atoms with Crippen LogP contribution in [-0.2, 0) is 17.8 Å². The van der Waals surface area contributed by atoms with Gasteiger partial charge in [-0.05, 0) is 30.5 Å². The average molecular weight is 320 g/mol. The maximum absolute atomic E-state index is 12.4. The van der Waals surface area contributed by atoms with Crippen molar-refractivity contribution in [3.05, 3.63) is 65.2 Å². The fourth-order valence-corrected chi connectivity index (χ4v) is 2.59. The number of nitrogens with zero attached hydrogens (tertiary/aromatic N) is 1. The molecule has 3 heteroatoms. The van der Waals surface area contributed by atoms with Gasteiger partial charge in [-0.3, -0.25) is 9.69 Å². The molecule has 0 fully saturated rings. The lowest BCUT2D eigenvalue weighted by Gasteiger charge is -2.20. The Labute approximate surface area is 144 Å². The van der Waals surface area contributed by atoms with Gasteiger partial charge in [-0.15, -0.1) is 6.42 Å². The Hall–Kier alpha value is -2.57. The summed E-state index contributed by atoms with van der Waals surface area (Å²) in [6.45, 7) is 5.51. The largest absolute Gasteiger partial charge is 0.325 e. The molecule has 0 saturated carbocycles. The van der Waals surface area contributed by atoms with Crippen LogP contribution in [0.3, 0.4) is 0 Å². The van der Waals surface area contributed by atoms with E-state index in [1.54, 1.807) is 0 Å². The lowest BCUT2D eigenvalue weighted by Crippen LogP contribution is -2.33. The molecule has 0 spiro atoms. The highest BCUT2D eigenvalue weighted by Crippen LogP contribution is 2.15. The molecule has 0 saturated heterocycles. The zero-order chi connectivity index (χ0) is 17.4. The van der Waals surface area contributed by atoms with Gasteiger partial charge < -0.3 is 5.32 Å². The molecule has 0 heterocycles. The molecule has 0 aromatic heterocycles. The van der Waals surface area contributed by atoms with Crippen LogP contribution in [0, 0.1) is 19.3 Å². The lowest BCUT2D eigenvalue weighted by atomic mass is 10.1. The number of terminal acetylenes is 1. The van der Waals surface area contributed by atoms with E-state index in [0.29, 0.717) is 13.1 Å². The molecule has 24 heavy (non-hydrogen) atoms. The van der Waals surface area contributed by atoms with Crippen molar-refractivity contribution in [2.24, 2.45) is 0 Å². The summed E-state index contributed by atoms with van der Waals surface area (Å²) >= 11 is 0. The van der Waals surface area contributed by atoms with Gasteiger partial charge in [0.15, 0.2) is 0 Å². The first-order valence-electron chi connectivity index (χ1n) is 8.21.